The Balaban J connectivity index is 3.11. The van der Waals surface area contributed by atoms with Crippen LogP contribution in [-0.2, 0) is 0 Å². The Bertz CT molecular complexity index is 292. The van der Waals surface area contributed by atoms with E-state index in [4.69, 9.17) is 0 Å². The predicted molar refractivity (Wildman–Crippen MR) is 48.5 cm³/mol. The van der Waals surface area contributed by atoms with E-state index >= 15 is 0 Å². The van der Waals surface area contributed by atoms with E-state index in [1.165, 1.54) is 5.56 Å². The van der Waals surface area contributed by atoms with Gasteiger partial charge in [-0.2, -0.15) is 0 Å². The average molecular weight is 163 g/mol. The van der Waals surface area contributed by atoms with Gasteiger partial charge in [-0.05, 0) is 30.0 Å². The topological polar surface area (TPSA) is 30.0 Å². The molecule has 0 N–H and O–H groups in total. The molecule has 0 saturated heterocycles. The first-order valence-corrected chi connectivity index (χ1v) is 4.07. The van der Waals surface area contributed by atoms with Crippen molar-refractivity contribution in [2.45, 2.75) is 26.7 Å². The van der Waals surface area contributed by atoms with Crippen LogP contribution < -0.4 is 0 Å². The summed E-state index contributed by atoms with van der Waals surface area (Å²) < 4.78 is 0. The molecule has 0 unspecified atom stereocenters. The van der Waals surface area contributed by atoms with Crippen LogP contribution in [0.25, 0.3) is 0 Å². The van der Waals surface area contributed by atoms with Crippen LogP contribution >= 0.6 is 0 Å². The zero-order valence-corrected chi connectivity index (χ0v) is 7.66. The van der Waals surface area contributed by atoms with Crippen LogP contribution in [0.1, 0.15) is 41.4 Å². The maximum absolute atomic E-state index is 10.4. The Kier molecular flexibility index (Phi) is 2.58. The Morgan fingerprint density at radius 3 is 2.58 bits per heavy atom. The number of hydrogen-bond donors (Lipinski definition) is 0. The summed E-state index contributed by atoms with van der Waals surface area (Å²) >= 11 is 0. The maximum atomic E-state index is 10.4. The van der Waals surface area contributed by atoms with Crippen LogP contribution in [0.2, 0.25) is 0 Å². The van der Waals surface area contributed by atoms with Crippen molar-refractivity contribution in [1.82, 2.24) is 4.98 Å². The van der Waals surface area contributed by atoms with E-state index in [0.29, 0.717) is 11.6 Å². The molecule has 0 spiro atoms. The van der Waals surface area contributed by atoms with Gasteiger partial charge in [0.15, 0.2) is 6.29 Å². The number of carbonyl (C=O) groups is 1. The number of rotatable bonds is 2. The number of hydrogen-bond acceptors (Lipinski definition) is 2. The Morgan fingerprint density at radius 2 is 2.17 bits per heavy atom. The van der Waals surface area contributed by atoms with Crippen molar-refractivity contribution in [3.05, 3.63) is 29.1 Å². The van der Waals surface area contributed by atoms with Crippen LogP contribution in [-0.4, -0.2) is 11.3 Å². The summed E-state index contributed by atoms with van der Waals surface area (Å²) in [5, 5.41) is 0. The second-order valence-electron chi connectivity index (χ2n) is 3.24. The Hall–Kier alpha value is -1.18. The van der Waals surface area contributed by atoms with Gasteiger partial charge in [0.1, 0.15) is 5.69 Å². The van der Waals surface area contributed by atoms with Gasteiger partial charge in [0, 0.05) is 6.20 Å². The fourth-order valence-corrected chi connectivity index (χ4v) is 1.26. The Morgan fingerprint density at radius 1 is 1.50 bits per heavy atom. The number of aryl methyl sites for hydroxylation is 1. The predicted octanol–water partition coefficient (Wildman–Crippen LogP) is 2.33. The molecule has 2 heteroatoms. The molecular weight excluding hydrogens is 150 g/mol. The first-order valence-electron chi connectivity index (χ1n) is 4.07. The van der Waals surface area contributed by atoms with Crippen molar-refractivity contribution in [3.63, 3.8) is 0 Å². The molecule has 1 rings (SSSR count). The van der Waals surface area contributed by atoms with Crippen LogP contribution in [0, 0.1) is 6.92 Å². The lowest BCUT2D eigenvalue weighted by atomic mass is 10.0. The van der Waals surface area contributed by atoms with Gasteiger partial charge in [-0.25, -0.2) is 0 Å². The first kappa shape index (κ1) is 8.91. The second kappa shape index (κ2) is 3.48. The third-order valence-electron chi connectivity index (χ3n) is 1.92. The fraction of sp³-hybridized carbons (Fsp3) is 0.400. The summed E-state index contributed by atoms with van der Waals surface area (Å²) in [6, 6.07) is 1.82. The molecule has 0 aliphatic carbocycles. The normalized spacial score (nSPS) is 10.3. The molecule has 0 radical (unpaired) electrons. The molecule has 1 aromatic heterocycles. The lowest BCUT2D eigenvalue weighted by Crippen LogP contribution is -1.96. The molecule has 1 heterocycles. The lowest BCUT2D eigenvalue weighted by molar-refractivity contribution is 0.111. The van der Waals surface area contributed by atoms with Gasteiger partial charge in [-0.1, -0.05) is 13.8 Å². The largest absolute Gasteiger partial charge is 0.296 e. The van der Waals surface area contributed by atoms with E-state index < -0.39 is 0 Å². The minimum Gasteiger partial charge on any atom is -0.296 e. The van der Waals surface area contributed by atoms with E-state index in [0.717, 1.165) is 11.8 Å². The van der Waals surface area contributed by atoms with Gasteiger partial charge in [0.2, 0.25) is 0 Å². The van der Waals surface area contributed by atoms with Crippen LogP contribution in [0.5, 0.6) is 0 Å². The average Bonchev–Trinajstić information content (AvgIpc) is 2.03. The summed E-state index contributed by atoms with van der Waals surface area (Å²) in [7, 11) is 0. The van der Waals surface area contributed by atoms with Crippen LogP contribution in [0.4, 0.5) is 0 Å². The van der Waals surface area contributed by atoms with Gasteiger partial charge < -0.3 is 0 Å². The van der Waals surface area contributed by atoms with Gasteiger partial charge in [0.05, 0.1) is 0 Å². The van der Waals surface area contributed by atoms with Crippen molar-refractivity contribution >= 4 is 6.29 Å². The molecule has 0 aliphatic rings. The third kappa shape index (κ3) is 1.70. The first-order chi connectivity index (χ1) is 5.65. The van der Waals surface area contributed by atoms with E-state index in [9.17, 15) is 4.79 Å². The molecule has 1 aromatic rings. The number of aromatic nitrogens is 1. The van der Waals surface area contributed by atoms with E-state index in [-0.39, 0.29) is 0 Å². The minimum absolute atomic E-state index is 0.471. The molecule has 0 saturated carbocycles. The highest BCUT2D eigenvalue weighted by Crippen LogP contribution is 2.17. The van der Waals surface area contributed by atoms with Crippen molar-refractivity contribution in [2.24, 2.45) is 0 Å². The molecule has 12 heavy (non-hydrogen) atoms. The van der Waals surface area contributed by atoms with E-state index in [1.807, 2.05) is 13.0 Å². The van der Waals surface area contributed by atoms with Crippen molar-refractivity contribution < 1.29 is 4.79 Å². The quantitative estimate of drug-likeness (QED) is 0.626. The summed E-state index contributed by atoms with van der Waals surface area (Å²) in [5.41, 5.74) is 2.86. The molecular formula is C10H13NO. The molecule has 64 valence electrons. The van der Waals surface area contributed by atoms with Crippen molar-refractivity contribution in [1.29, 1.82) is 0 Å². The molecule has 0 amide bonds. The van der Waals surface area contributed by atoms with Crippen molar-refractivity contribution in [3.8, 4) is 0 Å². The molecule has 2 nitrogen and oxygen atoms in total. The Labute approximate surface area is 72.6 Å². The summed E-state index contributed by atoms with van der Waals surface area (Å²) in [4.78, 5) is 14.4. The fourth-order valence-electron chi connectivity index (χ4n) is 1.26. The minimum atomic E-state index is 0.471. The molecule has 0 fully saturated rings. The highest BCUT2D eigenvalue weighted by atomic mass is 16.1. The zero-order chi connectivity index (χ0) is 9.14. The monoisotopic (exact) mass is 163 g/mol. The van der Waals surface area contributed by atoms with Crippen molar-refractivity contribution in [2.75, 3.05) is 0 Å². The molecule has 0 bridgehead atoms. The van der Waals surface area contributed by atoms with E-state index in [2.05, 4.69) is 18.8 Å². The SMILES string of the molecule is Cc1cc(C=O)ncc1C(C)C. The van der Waals surface area contributed by atoms with Gasteiger partial charge >= 0.3 is 0 Å². The van der Waals surface area contributed by atoms with E-state index in [1.54, 1.807) is 6.20 Å². The second-order valence-corrected chi connectivity index (χ2v) is 3.24. The summed E-state index contributed by atoms with van der Waals surface area (Å²) in [6.07, 6.45) is 2.56. The summed E-state index contributed by atoms with van der Waals surface area (Å²) in [5.74, 6) is 0.471. The van der Waals surface area contributed by atoms with Gasteiger partial charge in [0.25, 0.3) is 0 Å². The molecule has 0 aromatic carbocycles. The summed E-state index contributed by atoms with van der Waals surface area (Å²) in [6.45, 7) is 6.24. The zero-order valence-electron chi connectivity index (χ0n) is 7.66. The van der Waals surface area contributed by atoms with Crippen LogP contribution in [0.15, 0.2) is 12.3 Å². The lowest BCUT2D eigenvalue weighted by Gasteiger charge is -2.08. The van der Waals surface area contributed by atoms with Gasteiger partial charge in [-0.15, -0.1) is 0 Å². The highest BCUT2D eigenvalue weighted by Gasteiger charge is 2.03. The van der Waals surface area contributed by atoms with Gasteiger partial charge in [-0.3, -0.25) is 9.78 Å². The highest BCUT2D eigenvalue weighted by molar-refractivity contribution is 5.72. The standard InChI is InChI=1S/C10H13NO/c1-7(2)10-5-11-9(6-12)4-8(10)3/h4-7H,1-3H3. The van der Waals surface area contributed by atoms with Crippen LogP contribution in [0.3, 0.4) is 0 Å². The third-order valence-corrected chi connectivity index (χ3v) is 1.92. The number of pyridine rings is 1. The number of nitrogens with zero attached hydrogens (tertiary/aromatic N) is 1. The smallest absolute Gasteiger partial charge is 0.168 e. The molecule has 0 atom stereocenters. The maximum Gasteiger partial charge on any atom is 0.168 e. The number of aldehydes is 1. The molecule has 0 aliphatic heterocycles. The number of carbonyl (C=O) groups excluding carboxylic acids is 1.